The van der Waals surface area contributed by atoms with E-state index >= 15 is 0 Å². The van der Waals surface area contributed by atoms with E-state index in [1.165, 1.54) is 10.8 Å². The highest BCUT2D eigenvalue weighted by Crippen LogP contribution is 2.59. The predicted octanol–water partition coefficient (Wildman–Crippen LogP) is 0.351. The summed E-state index contributed by atoms with van der Waals surface area (Å²) in [5, 5.41) is 25.8. The van der Waals surface area contributed by atoms with Crippen LogP contribution in [-0.4, -0.2) is 61.0 Å². The zero-order valence-electron chi connectivity index (χ0n) is 15.2. The van der Waals surface area contributed by atoms with E-state index in [2.05, 4.69) is 10.1 Å². The van der Waals surface area contributed by atoms with Crippen LogP contribution in [0.25, 0.3) is 5.52 Å². The SMILES string of the molecule is CC[C@@H](C)OC(=O)OC1[C@H]2O[C@@](C)(c3ccc4c(N)ncnn34)[C@H](O)[C@@]12O. The maximum Gasteiger partial charge on any atom is 0.509 e. The molecule has 0 bridgehead atoms. The van der Waals surface area contributed by atoms with Crippen molar-refractivity contribution in [1.29, 1.82) is 0 Å². The molecule has 2 aromatic rings. The number of hydrogen-bond donors (Lipinski definition) is 3. The zero-order chi connectivity index (χ0) is 19.6. The number of aliphatic hydroxyl groups excluding tert-OH is 1. The smallest absolute Gasteiger partial charge is 0.431 e. The number of fused-ring (bicyclic) bond motifs is 2. The van der Waals surface area contributed by atoms with E-state index in [-0.39, 0.29) is 11.9 Å². The number of aliphatic hydroxyl groups is 2. The van der Waals surface area contributed by atoms with E-state index in [1.54, 1.807) is 26.0 Å². The lowest BCUT2D eigenvalue weighted by atomic mass is 9.91. The van der Waals surface area contributed by atoms with Crippen molar-refractivity contribution in [3.8, 4) is 0 Å². The van der Waals surface area contributed by atoms with Crippen molar-refractivity contribution >= 4 is 17.5 Å². The maximum absolute atomic E-state index is 11.8. The summed E-state index contributed by atoms with van der Waals surface area (Å²) in [5.41, 5.74) is 3.91. The van der Waals surface area contributed by atoms with E-state index in [0.717, 1.165) is 0 Å². The number of rotatable bonds is 4. The Morgan fingerprint density at radius 2 is 2.26 bits per heavy atom. The van der Waals surface area contributed by atoms with Gasteiger partial charge in [-0.15, -0.1) is 0 Å². The second-order valence-corrected chi connectivity index (χ2v) is 7.22. The second kappa shape index (κ2) is 5.78. The molecular weight excluding hydrogens is 356 g/mol. The molecule has 0 amide bonds. The standard InChI is InChI=1S/C17H22N4O6/c1-4-8(2)25-15(23)26-11-12-17(11,24)14(22)16(3,27-12)10-6-5-9-13(18)19-7-20-21(9)10/h5-8,11-12,14,22,24H,4H2,1-3H3,(H2,18,19,20)/t8-,11?,12-,14+,16+,17-/m1/s1. The molecule has 0 radical (unpaired) electrons. The quantitative estimate of drug-likeness (QED) is 0.642. The Morgan fingerprint density at radius 1 is 1.52 bits per heavy atom. The molecule has 3 heterocycles. The van der Waals surface area contributed by atoms with Gasteiger partial charge in [0.2, 0.25) is 0 Å². The first-order valence-corrected chi connectivity index (χ1v) is 8.77. The molecule has 0 aromatic carbocycles. The zero-order valence-corrected chi connectivity index (χ0v) is 15.2. The van der Waals surface area contributed by atoms with Crippen LogP contribution in [0.2, 0.25) is 0 Å². The number of aromatic nitrogens is 3. The summed E-state index contributed by atoms with van der Waals surface area (Å²) in [6.45, 7) is 5.24. The summed E-state index contributed by atoms with van der Waals surface area (Å²) in [6, 6.07) is 3.40. The van der Waals surface area contributed by atoms with Gasteiger partial charge >= 0.3 is 6.16 Å². The Morgan fingerprint density at radius 3 is 2.89 bits per heavy atom. The largest absolute Gasteiger partial charge is 0.509 e. The fourth-order valence-electron chi connectivity index (χ4n) is 3.63. The average Bonchev–Trinajstić information content (AvgIpc) is 2.96. The third kappa shape index (κ3) is 2.40. The first-order valence-electron chi connectivity index (χ1n) is 8.77. The normalized spacial score (nSPS) is 35.7. The van der Waals surface area contributed by atoms with Gasteiger partial charge in [0.25, 0.3) is 0 Å². The lowest BCUT2D eigenvalue weighted by Gasteiger charge is -2.32. The van der Waals surface area contributed by atoms with Crippen LogP contribution in [0.1, 0.15) is 32.9 Å². The summed E-state index contributed by atoms with van der Waals surface area (Å²) >= 11 is 0. The Hall–Kier alpha value is -2.43. The van der Waals surface area contributed by atoms with Crippen LogP contribution in [0.15, 0.2) is 18.5 Å². The van der Waals surface area contributed by atoms with Crippen molar-refractivity contribution < 1.29 is 29.2 Å². The number of carbonyl (C=O) groups is 1. The molecule has 1 aliphatic carbocycles. The minimum Gasteiger partial charge on any atom is -0.431 e. The molecule has 1 aliphatic heterocycles. The van der Waals surface area contributed by atoms with Crippen molar-refractivity contribution in [3.63, 3.8) is 0 Å². The van der Waals surface area contributed by atoms with Gasteiger partial charge < -0.3 is 30.2 Å². The third-order valence-electron chi connectivity index (χ3n) is 5.49. The number of nitrogen functional groups attached to an aromatic ring is 1. The van der Waals surface area contributed by atoms with Crippen molar-refractivity contribution in [2.75, 3.05) is 5.73 Å². The van der Waals surface area contributed by atoms with Crippen LogP contribution < -0.4 is 5.73 Å². The molecule has 146 valence electrons. The molecule has 1 unspecified atom stereocenters. The molecule has 2 aromatic heterocycles. The van der Waals surface area contributed by atoms with Gasteiger partial charge in [0.05, 0.1) is 5.69 Å². The van der Waals surface area contributed by atoms with Gasteiger partial charge in [-0.2, -0.15) is 5.10 Å². The Balaban J connectivity index is 1.56. The van der Waals surface area contributed by atoms with E-state index < -0.39 is 35.7 Å². The van der Waals surface area contributed by atoms with E-state index in [9.17, 15) is 15.0 Å². The Bertz CT molecular complexity index is 903. The Labute approximate surface area is 154 Å². The molecule has 2 fully saturated rings. The average molecular weight is 378 g/mol. The summed E-state index contributed by atoms with van der Waals surface area (Å²) in [5.74, 6) is 0.283. The summed E-state index contributed by atoms with van der Waals surface area (Å²) in [7, 11) is 0. The summed E-state index contributed by atoms with van der Waals surface area (Å²) in [4.78, 5) is 15.7. The van der Waals surface area contributed by atoms with Crippen LogP contribution >= 0.6 is 0 Å². The van der Waals surface area contributed by atoms with Gasteiger partial charge in [0, 0.05) is 0 Å². The highest BCUT2D eigenvalue weighted by Gasteiger charge is 2.82. The highest BCUT2D eigenvalue weighted by atomic mass is 16.8. The molecular formula is C17H22N4O6. The minimum atomic E-state index is -1.72. The molecule has 0 spiro atoms. The molecule has 1 saturated heterocycles. The van der Waals surface area contributed by atoms with Gasteiger partial charge in [-0.1, -0.05) is 6.92 Å². The minimum absolute atomic E-state index is 0.283. The fourth-order valence-corrected chi connectivity index (χ4v) is 3.63. The lowest BCUT2D eigenvalue weighted by molar-refractivity contribution is -0.133. The molecule has 6 atom stereocenters. The van der Waals surface area contributed by atoms with Gasteiger partial charge in [0.15, 0.2) is 17.5 Å². The molecule has 10 nitrogen and oxygen atoms in total. The molecule has 4 N–H and O–H groups in total. The monoisotopic (exact) mass is 378 g/mol. The van der Waals surface area contributed by atoms with E-state index in [0.29, 0.717) is 17.6 Å². The lowest BCUT2D eigenvalue weighted by Crippen LogP contribution is -2.46. The van der Waals surface area contributed by atoms with E-state index in [1.807, 2.05) is 6.92 Å². The second-order valence-electron chi connectivity index (χ2n) is 7.22. The van der Waals surface area contributed by atoms with Gasteiger partial charge in [0.1, 0.15) is 35.8 Å². The van der Waals surface area contributed by atoms with Crippen LogP contribution in [0.5, 0.6) is 0 Å². The predicted molar refractivity (Wildman–Crippen MR) is 91.7 cm³/mol. The van der Waals surface area contributed by atoms with Gasteiger partial charge in [-0.05, 0) is 32.4 Å². The molecule has 2 aliphatic rings. The summed E-state index contributed by atoms with van der Waals surface area (Å²) in [6.07, 6.45) is -2.50. The van der Waals surface area contributed by atoms with Crippen molar-refractivity contribution in [3.05, 3.63) is 24.2 Å². The van der Waals surface area contributed by atoms with E-state index in [4.69, 9.17) is 19.9 Å². The number of hydrogen-bond acceptors (Lipinski definition) is 9. The maximum atomic E-state index is 11.8. The van der Waals surface area contributed by atoms with Crippen LogP contribution in [0.4, 0.5) is 10.6 Å². The molecule has 27 heavy (non-hydrogen) atoms. The third-order valence-corrected chi connectivity index (χ3v) is 5.49. The van der Waals surface area contributed by atoms with Gasteiger partial charge in [-0.25, -0.2) is 14.3 Å². The van der Waals surface area contributed by atoms with Crippen molar-refractivity contribution in [2.24, 2.45) is 0 Å². The fraction of sp³-hybridized carbons (Fsp3) is 0.588. The first-order chi connectivity index (χ1) is 12.7. The Kier molecular flexibility index (Phi) is 3.85. The highest BCUT2D eigenvalue weighted by molar-refractivity contribution is 5.66. The number of nitrogens with zero attached hydrogens (tertiary/aromatic N) is 3. The van der Waals surface area contributed by atoms with Crippen molar-refractivity contribution in [1.82, 2.24) is 14.6 Å². The number of ether oxygens (including phenoxy) is 3. The van der Waals surface area contributed by atoms with Crippen molar-refractivity contribution in [2.45, 2.75) is 62.8 Å². The number of nitrogens with two attached hydrogens (primary N) is 1. The van der Waals surface area contributed by atoms with Gasteiger partial charge in [-0.3, -0.25) is 0 Å². The first kappa shape index (κ1) is 18.0. The number of anilines is 1. The number of carbonyl (C=O) groups excluding carboxylic acids is 1. The molecule has 10 heteroatoms. The molecule has 4 rings (SSSR count). The topological polar surface area (TPSA) is 141 Å². The summed E-state index contributed by atoms with van der Waals surface area (Å²) < 4.78 is 17.6. The van der Waals surface area contributed by atoms with Crippen LogP contribution in [0, 0.1) is 0 Å². The molecule has 1 saturated carbocycles. The van der Waals surface area contributed by atoms with Crippen LogP contribution in [-0.2, 0) is 19.8 Å². The van der Waals surface area contributed by atoms with Crippen LogP contribution in [0.3, 0.4) is 0 Å².